The molecule has 0 aromatic carbocycles. The summed E-state index contributed by atoms with van der Waals surface area (Å²) in [5, 5.41) is 10.3. The van der Waals surface area contributed by atoms with Gasteiger partial charge in [-0.25, -0.2) is 0 Å². The molecule has 0 aromatic heterocycles. The van der Waals surface area contributed by atoms with Gasteiger partial charge in [-0.1, -0.05) is 20.8 Å². The van der Waals surface area contributed by atoms with Crippen molar-refractivity contribution >= 4 is 5.71 Å². The first-order valence-corrected chi connectivity index (χ1v) is 5.11. The smallest absolute Gasteiger partial charge is 0.104 e. The first-order chi connectivity index (χ1) is 5.84. The minimum atomic E-state index is -0.718. The Kier molecular flexibility index (Phi) is 9.02. The third-order valence-corrected chi connectivity index (χ3v) is 2.57. The Morgan fingerprint density at radius 2 is 1.71 bits per heavy atom. The molecule has 0 aliphatic rings. The van der Waals surface area contributed by atoms with E-state index in [0.29, 0.717) is 0 Å². The van der Waals surface area contributed by atoms with Crippen LogP contribution >= 0.6 is 0 Å². The second-order valence-corrected chi connectivity index (χ2v) is 4.24. The number of aliphatic hydroxyl groups is 1. The summed E-state index contributed by atoms with van der Waals surface area (Å²) >= 11 is 0. The van der Waals surface area contributed by atoms with Gasteiger partial charge in [0.1, 0.15) is 5.60 Å². The van der Waals surface area contributed by atoms with Crippen molar-refractivity contribution in [1.29, 1.82) is 0 Å². The SMILES string of the molecule is CCC(O)(C(C)=NC(C)C)C(C)C.[Sm]. The fourth-order valence-corrected chi connectivity index (χ4v) is 1.58. The van der Waals surface area contributed by atoms with E-state index in [4.69, 9.17) is 0 Å². The van der Waals surface area contributed by atoms with E-state index >= 15 is 0 Å². The van der Waals surface area contributed by atoms with E-state index in [9.17, 15) is 5.11 Å². The summed E-state index contributed by atoms with van der Waals surface area (Å²) in [5.41, 5.74) is 0.143. The van der Waals surface area contributed by atoms with Crippen LogP contribution in [0.2, 0.25) is 0 Å². The monoisotopic (exact) mass is 337 g/mol. The van der Waals surface area contributed by atoms with Crippen molar-refractivity contribution in [3.63, 3.8) is 0 Å². The summed E-state index contributed by atoms with van der Waals surface area (Å²) in [6.45, 7) is 12.0. The van der Waals surface area contributed by atoms with Gasteiger partial charge >= 0.3 is 0 Å². The molecule has 1 unspecified atom stereocenters. The third kappa shape index (κ3) is 4.66. The molecule has 0 radical (unpaired) electrons. The Labute approximate surface area is 121 Å². The van der Waals surface area contributed by atoms with Crippen LogP contribution in [0.5, 0.6) is 0 Å². The fraction of sp³-hybridized carbons (Fsp3) is 0.909. The molecule has 14 heavy (non-hydrogen) atoms. The minimum Gasteiger partial charge on any atom is -0.384 e. The van der Waals surface area contributed by atoms with Crippen LogP contribution in [-0.2, 0) is 0 Å². The first-order valence-electron chi connectivity index (χ1n) is 5.11. The van der Waals surface area contributed by atoms with Gasteiger partial charge in [0, 0.05) is 52.1 Å². The number of nitrogens with zero attached hydrogens (tertiary/aromatic N) is 1. The molecule has 0 aliphatic heterocycles. The van der Waals surface area contributed by atoms with Crippen LogP contribution in [0.3, 0.4) is 0 Å². The van der Waals surface area contributed by atoms with E-state index in [1.807, 2.05) is 41.5 Å². The molecule has 0 amide bonds. The van der Waals surface area contributed by atoms with Gasteiger partial charge < -0.3 is 5.11 Å². The molecule has 0 bridgehead atoms. The molecular formula is C11H23NOSm. The Morgan fingerprint density at radius 3 is 1.93 bits per heavy atom. The normalized spacial score (nSPS) is 16.8. The van der Waals surface area contributed by atoms with Crippen LogP contribution in [0, 0.1) is 46.3 Å². The Balaban J connectivity index is 0. The van der Waals surface area contributed by atoms with Crippen molar-refractivity contribution in [2.75, 3.05) is 0 Å². The molecule has 0 aliphatic carbocycles. The Morgan fingerprint density at radius 1 is 1.29 bits per heavy atom. The third-order valence-electron chi connectivity index (χ3n) is 2.57. The van der Waals surface area contributed by atoms with Crippen molar-refractivity contribution in [2.24, 2.45) is 10.9 Å². The van der Waals surface area contributed by atoms with Gasteiger partial charge in [0.15, 0.2) is 0 Å². The van der Waals surface area contributed by atoms with E-state index in [0.717, 1.165) is 12.1 Å². The first kappa shape index (κ1) is 17.4. The second-order valence-electron chi connectivity index (χ2n) is 4.24. The van der Waals surface area contributed by atoms with Crippen molar-refractivity contribution in [2.45, 2.75) is 59.6 Å². The summed E-state index contributed by atoms with van der Waals surface area (Å²) in [7, 11) is 0. The quantitative estimate of drug-likeness (QED) is 0.787. The number of rotatable bonds is 4. The molecule has 0 fully saturated rings. The van der Waals surface area contributed by atoms with Gasteiger partial charge in [-0.3, -0.25) is 4.99 Å². The summed E-state index contributed by atoms with van der Waals surface area (Å²) in [6, 6.07) is 0.261. The number of aliphatic imine (C=N–C) groups is 1. The molecule has 84 valence electrons. The average Bonchev–Trinajstić information content (AvgIpc) is 2.01. The Hall–Kier alpha value is 0.968. The fourth-order valence-electron chi connectivity index (χ4n) is 1.58. The van der Waals surface area contributed by atoms with Crippen LogP contribution in [0.4, 0.5) is 0 Å². The summed E-state index contributed by atoms with van der Waals surface area (Å²) in [4.78, 5) is 4.41. The van der Waals surface area contributed by atoms with Crippen LogP contribution in [0.1, 0.15) is 48.0 Å². The van der Waals surface area contributed by atoms with E-state index in [1.165, 1.54) is 0 Å². The zero-order chi connectivity index (χ0) is 10.6. The maximum atomic E-state index is 10.3. The topological polar surface area (TPSA) is 32.6 Å². The molecule has 0 saturated carbocycles. The molecule has 0 aromatic rings. The van der Waals surface area contributed by atoms with Gasteiger partial charge in [-0.2, -0.15) is 0 Å². The zero-order valence-electron chi connectivity index (χ0n) is 10.2. The van der Waals surface area contributed by atoms with Gasteiger partial charge in [-0.15, -0.1) is 0 Å². The molecule has 0 saturated heterocycles. The number of hydrogen-bond acceptors (Lipinski definition) is 2. The maximum Gasteiger partial charge on any atom is 0.104 e. The summed E-state index contributed by atoms with van der Waals surface area (Å²) in [5.74, 6) is 0.222. The predicted octanol–water partition coefficient (Wildman–Crippen LogP) is 2.65. The van der Waals surface area contributed by atoms with E-state index < -0.39 is 5.60 Å². The van der Waals surface area contributed by atoms with Gasteiger partial charge in [0.2, 0.25) is 0 Å². The minimum absolute atomic E-state index is 0. The maximum absolute atomic E-state index is 10.3. The number of hydrogen-bond donors (Lipinski definition) is 1. The van der Waals surface area contributed by atoms with Crippen molar-refractivity contribution in [1.82, 2.24) is 0 Å². The predicted molar refractivity (Wildman–Crippen MR) is 58.3 cm³/mol. The van der Waals surface area contributed by atoms with Gasteiger partial charge in [-0.05, 0) is 33.1 Å². The molecule has 3 heteroatoms. The molecule has 2 nitrogen and oxygen atoms in total. The zero-order valence-corrected chi connectivity index (χ0v) is 12.8. The molecule has 1 atom stereocenters. The molecule has 0 heterocycles. The van der Waals surface area contributed by atoms with Crippen LogP contribution < -0.4 is 0 Å². The van der Waals surface area contributed by atoms with Gasteiger partial charge in [0.25, 0.3) is 0 Å². The van der Waals surface area contributed by atoms with Crippen LogP contribution in [0.15, 0.2) is 4.99 Å². The molecule has 0 spiro atoms. The Bertz CT molecular complexity index is 190. The molecule has 0 rings (SSSR count). The van der Waals surface area contributed by atoms with Crippen molar-refractivity contribution in [3.05, 3.63) is 0 Å². The van der Waals surface area contributed by atoms with E-state index in [1.54, 1.807) is 0 Å². The summed E-state index contributed by atoms with van der Waals surface area (Å²) in [6.07, 6.45) is 0.729. The van der Waals surface area contributed by atoms with Crippen LogP contribution in [-0.4, -0.2) is 22.5 Å². The van der Waals surface area contributed by atoms with Crippen molar-refractivity contribution in [3.8, 4) is 0 Å². The van der Waals surface area contributed by atoms with Crippen LogP contribution in [0.25, 0.3) is 0 Å². The van der Waals surface area contributed by atoms with E-state index in [-0.39, 0.29) is 52.3 Å². The molecular weight excluding hydrogens is 312 g/mol. The van der Waals surface area contributed by atoms with E-state index in [2.05, 4.69) is 4.99 Å². The largest absolute Gasteiger partial charge is 0.384 e. The van der Waals surface area contributed by atoms with Gasteiger partial charge in [0.05, 0.1) is 0 Å². The standard InChI is InChI=1S/C11H23NO.Sm/c1-7-11(13,8(2)3)10(6)12-9(4)5;/h8-9,13H,7H2,1-6H3;. The van der Waals surface area contributed by atoms with Crippen molar-refractivity contribution < 1.29 is 45.5 Å². The summed E-state index contributed by atoms with van der Waals surface area (Å²) < 4.78 is 0. The average molecular weight is 336 g/mol. The second kappa shape index (κ2) is 7.28. The molecule has 1 N–H and O–H groups in total.